The number of nitrogens with one attached hydrogen (secondary N) is 2. The van der Waals surface area contributed by atoms with Gasteiger partial charge in [0.1, 0.15) is 0 Å². The van der Waals surface area contributed by atoms with Gasteiger partial charge in [-0.2, -0.15) is 0 Å². The van der Waals surface area contributed by atoms with E-state index in [0.717, 1.165) is 23.3 Å². The first-order chi connectivity index (χ1) is 12.6. The molecule has 0 aliphatic heterocycles. The maximum Gasteiger partial charge on any atom is 0.191 e. The molecule has 6 nitrogen and oxygen atoms in total. The third-order valence-electron chi connectivity index (χ3n) is 3.71. The lowest BCUT2D eigenvalue weighted by Gasteiger charge is -2.16. The summed E-state index contributed by atoms with van der Waals surface area (Å²) in [6.07, 6.45) is 0. The summed E-state index contributed by atoms with van der Waals surface area (Å²) in [5, 5.41) is 9.71. The van der Waals surface area contributed by atoms with Crippen LogP contribution in [0.5, 0.6) is 0 Å². The average molecular weight is 503 g/mol. The van der Waals surface area contributed by atoms with Gasteiger partial charge in [-0.25, -0.2) is 4.98 Å². The van der Waals surface area contributed by atoms with E-state index in [-0.39, 0.29) is 24.0 Å². The summed E-state index contributed by atoms with van der Waals surface area (Å²) in [6.45, 7) is 4.97. The maximum atomic E-state index is 5.79. The zero-order chi connectivity index (χ0) is 18.8. The second kappa shape index (κ2) is 12.9. The van der Waals surface area contributed by atoms with Gasteiger partial charge in [0.15, 0.2) is 11.1 Å². The predicted molar refractivity (Wildman–Crippen MR) is 125 cm³/mol. The lowest BCUT2D eigenvalue weighted by Crippen LogP contribution is -2.39. The minimum absolute atomic E-state index is 0. The van der Waals surface area contributed by atoms with Gasteiger partial charge in [-0.05, 0) is 11.5 Å². The predicted octanol–water partition coefficient (Wildman–Crippen LogP) is 3.35. The lowest BCUT2D eigenvalue weighted by atomic mass is 10.2. The normalized spacial score (nSPS) is 12.2. The minimum Gasteiger partial charge on any atom is -0.376 e. The second-order valence-corrected chi connectivity index (χ2v) is 7.26. The molecule has 2 rings (SSSR count). The fourth-order valence-corrected chi connectivity index (χ4v) is 3.02. The molecule has 0 saturated heterocycles. The molecule has 8 heteroatoms. The Morgan fingerprint density at radius 3 is 2.63 bits per heavy atom. The Morgan fingerprint density at radius 1 is 1.26 bits per heavy atom. The van der Waals surface area contributed by atoms with E-state index >= 15 is 0 Å². The van der Waals surface area contributed by atoms with Crippen LogP contribution in [-0.2, 0) is 17.9 Å². The van der Waals surface area contributed by atoms with Gasteiger partial charge in [-0.3, -0.25) is 4.99 Å². The van der Waals surface area contributed by atoms with Gasteiger partial charge in [-0.15, -0.1) is 35.3 Å². The number of benzene rings is 1. The van der Waals surface area contributed by atoms with Crippen molar-refractivity contribution in [2.75, 3.05) is 39.2 Å². The van der Waals surface area contributed by atoms with Crippen molar-refractivity contribution in [1.29, 1.82) is 0 Å². The van der Waals surface area contributed by atoms with E-state index in [4.69, 9.17) is 4.74 Å². The van der Waals surface area contributed by atoms with E-state index in [1.54, 1.807) is 18.4 Å². The number of aromatic nitrogens is 1. The zero-order valence-corrected chi connectivity index (χ0v) is 19.6. The van der Waals surface area contributed by atoms with Crippen LogP contribution in [0, 0.1) is 5.92 Å². The number of nitrogens with zero attached hydrogens (tertiary/aromatic N) is 3. The lowest BCUT2D eigenvalue weighted by molar-refractivity contribution is 0.0931. The maximum absolute atomic E-state index is 5.79. The van der Waals surface area contributed by atoms with Crippen molar-refractivity contribution in [2.45, 2.75) is 20.1 Å². The van der Waals surface area contributed by atoms with Crippen LogP contribution in [-0.4, -0.2) is 45.2 Å². The van der Waals surface area contributed by atoms with Crippen molar-refractivity contribution in [2.24, 2.45) is 10.9 Å². The van der Waals surface area contributed by atoms with Crippen LogP contribution in [0.3, 0.4) is 0 Å². The summed E-state index contributed by atoms with van der Waals surface area (Å²) in [5.74, 6) is 1.16. The van der Waals surface area contributed by atoms with E-state index < -0.39 is 0 Å². The highest BCUT2D eigenvalue weighted by Gasteiger charge is 2.07. The number of aliphatic imine (C=N–C) groups is 1. The topological polar surface area (TPSA) is 61.8 Å². The summed E-state index contributed by atoms with van der Waals surface area (Å²) in [5.41, 5.74) is 2.21. The van der Waals surface area contributed by atoms with Crippen LogP contribution in [0.1, 0.15) is 18.2 Å². The van der Waals surface area contributed by atoms with Crippen LogP contribution >= 0.6 is 35.3 Å². The molecule has 1 unspecified atom stereocenters. The highest BCUT2D eigenvalue weighted by Crippen LogP contribution is 2.17. The molecule has 150 valence electrons. The number of halogens is 1. The van der Waals surface area contributed by atoms with Gasteiger partial charge in [0.2, 0.25) is 0 Å². The Bertz CT molecular complexity index is 678. The minimum atomic E-state index is 0. The third-order valence-corrected chi connectivity index (χ3v) is 4.77. The molecule has 0 aliphatic rings. The van der Waals surface area contributed by atoms with Crippen molar-refractivity contribution in [1.82, 2.24) is 15.6 Å². The summed E-state index contributed by atoms with van der Waals surface area (Å²) in [7, 11) is 5.77. The van der Waals surface area contributed by atoms with E-state index in [0.29, 0.717) is 25.7 Å². The summed E-state index contributed by atoms with van der Waals surface area (Å²) < 4.78 is 5.79. The quantitative estimate of drug-likeness (QED) is 0.312. The van der Waals surface area contributed by atoms with Gasteiger partial charge in [0, 0.05) is 33.1 Å². The molecule has 1 aromatic heterocycles. The van der Waals surface area contributed by atoms with E-state index in [1.165, 1.54) is 5.56 Å². The van der Waals surface area contributed by atoms with Gasteiger partial charge < -0.3 is 20.3 Å². The fourth-order valence-electron chi connectivity index (χ4n) is 2.26. The fraction of sp³-hybridized carbons (Fsp3) is 0.474. The van der Waals surface area contributed by atoms with E-state index in [1.807, 2.05) is 37.2 Å². The highest BCUT2D eigenvalue weighted by atomic mass is 127. The average Bonchev–Trinajstić information content (AvgIpc) is 3.12. The Labute approximate surface area is 183 Å². The van der Waals surface area contributed by atoms with Crippen molar-refractivity contribution < 1.29 is 4.74 Å². The number of guanidine groups is 1. The van der Waals surface area contributed by atoms with Crippen molar-refractivity contribution in [3.8, 4) is 0 Å². The van der Waals surface area contributed by atoms with Gasteiger partial charge in [0.25, 0.3) is 0 Å². The van der Waals surface area contributed by atoms with Gasteiger partial charge in [-0.1, -0.05) is 37.3 Å². The molecule has 1 atom stereocenters. The Kier molecular flexibility index (Phi) is 11.3. The molecular formula is C19H30IN5OS. The Hall–Kier alpha value is -1.39. The van der Waals surface area contributed by atoms with Crippen molar-refractivity contribution in [3.63, 3.8) is 0 Å². The largest absolute Gasteiger partial charge is 0.376 e. The summed E-state index contributed by atoms with van der Waals surface area (Å²) in [6, 6.07) is 10.2. The van der Waals surface area contributed by atoms with Crippen molar-refractivity contribution >= 4 is 46.4 Å². The molecule has 0 fully saturated rings. The zero-order valence-electron chi connectivity index (χ0n) is 16.4. The number of ether oxygens (including phenoxy) is 1. The first kappa shape index (κ1) is 23.6. The van der Waals surface area contributed by atoms with Gasteiger partial charge >= 0.3 is 0 Å². The molecule has 0 saturated carbocycles. The van der Waals surface area contributed by atoms with Crippen molar-refractivity contribution in [3.05, 3.63) is 47.0 Å². The van der Waals surface area contributed by atoms with Crippen LogP contribution in [0.25, 0.3) is 0 Å². The van der Waals surface area contributed by atoms with Crippen LogP contribution < -0.4 is 15.5 Å². The molecular weight excluding hydrogens is 473 g/mol. The number of anilines is 1. The first-order valence-electron chi connectivity index (χ1n) is 8.76. The third kappa shape index (κ3) is 8.89. The highest BCUT2D eigenvalue weighted by molar-refractivity contribution is 14.0. The molecule has 2 N–H and O–H groups in total. The summed E-state index contributed by atoms with van der Waals surface area (Å²) >= 11 is 1.64. The number of thiazole rings is 1. The number of hydrogen-bond donors (Lipinski definition) is 2. The monoisotopic (exact) mass is 503 g/mol. The van der Waals surface area contributed by atoms with E-state index in [2.05, 4.69) is 45.0 Å². The molecule has 0 bridgehead atoms. The number of rotatable bonds is 9. The number of hydrogen-bond acceptors (Lipinski definition) is 5. The Morgan fingerprint density at radius 2 is 2.00 bits per heavy atom. The van der Waals surface area contributed by atoms with Crippen LogP contribution in [0.15, 0.2) is 40.7 Å². The van der Waals surface area contributed by atoms with Crippen LogP contribution in [0.4, 0.5) is 5.13 Å². The summed E-state index contributed by atoms with van der Waals surface area (Å²) in [4.78, 5) is 10.8. The molecule has 0 spiro atoms. The standard InChI is InChI=1S/C19H29N5OS.HI/c1-15(12-25-13-16-8-6-5-7-9-16)10-21-18(20-2)22-11-17-14-26-19(23-17)24(3)4;/h5-9,14-15H,10-13H2,1-4H3,(H2,20,21,22);1H. The molecule has 2 aromatic rings. The molecule has 0 amide bonds. The molecule has 1 aromatic carbocycles. The van der Waals surface area contributed by atoms with E-state index in [9.17, 15) is 0 Å². The SMILES string of the molecule is CN=C(NCc1csc(N(C)C)n1)NCC(C)COCc1ccccc1.I. The molecule has 1 heterocycles. The Balaban J connectivity index is 0.00000364. The van der Waals surface area contributed by atoms with Gasteiger partial charge in [0.05, 0.1) is 25.5 Å². The molecule has 0 aliphatic carbocycles. The smallest absolute Gasteiger partial charge is 0.191 e. The second-order valence-electron chi connectivity index (χ2n) is 6.43. The molecule has 27 heavy (non-hydrogen) atoms. The van der Waals surface area contributed by atoms with Crippen LogP contribution in [0.2, 0.25) is 0 Å². The first-order valence-corrected chi connectivity index (χ1v) is 9.64. The molecule has 0 radical (unpaired) electrons.